The number of rotatable bonds is 6. The van der Waals surface area contributed by atoms with Crippen LogP contribution in [0.15, 0.2) is 24.3 Å². The topological polar surface area (TPSA) is 72.3 Å². The van der Waals surface area contributed by atoms with E-state index >= 15 is 0 Å². The van der Waals surface area contributed by atoms with Crippen molar-refractivity contribution < 1.29 is 4.79 Å². The molecule has 1 rings (SSSR count). The third-order valence-corrected chi connectivity index (χ3v) is 2.38. The minimum absolute atomic E-state index is 0.239. The molecule has 1 aromatic carbocycles. The van der Waals surface area contributed by atoms with Gasteiger partial charge in [0.05, 0.1) is 6.54 Å². The number of aryl methyl sites for hydroxylation is 1. The van der Waals surface area contributed by atoms with E-state index in [9.17, 15) is 4.79 Å². The number of hydrogen-bond donors (Lipinski definition) is 2. The van der Waals surface area contributed by atoms with Gasteiger partial charge >= 0.3 is 0 Å². The van der Waals surface area contributed by atoms with Crippen molar-refractivity contribution in [3.8, 4) is 0 Å². The molecule has 0 aromatic heterocycles. The molecule has 4 heteroatoms. The summed E-state index contributed by atoms with van der Waals surface area (Å²) in [7, 11) is 0. The van der Waals surface area contributed by atoms with E-state index in [-0.39, 0.29) is 12.5 Å². The van der Waals surface area contributed by atoms with Gasteiger partial charge in [0, 0.05) is 12.2 Å². The van der Waals surface area contributed by atoms with Gasteiger partial charge in [-0.3, -0.25) is 4.79 Å². The SMILES string of the molecule is Cc1ccc(N(CCCN)CC(N)=O)cc1. The summed E-state index contributed by atoms with van der Waals surface area (Å²) < 4.78 is 0. The molecular weight excluding hydrogens is 202 g/mol. The zero-order valence-electron chi connectivity index (χ0n) is 9.65. The molecule has 0 aliphatic heterocycles. The van der Waals surface area contributed by atoms with Gasteiger partial charge in [-0.1, -0.05) is 17.7 Å². The third-order valence-electron chi connectivity index (χ3n) is 2.38. The molecular formula is C12H19N3O. The molecule has 0 saturated heterocycles. The standard InChI is InChI=1S/C12H19N3O/c1-10-3-5-11(6-4-10)15(8-2-7-13)9-12(14)16/h3-6H,2,7-9,13H2,1H3,(H2,14,16). The fraction of sp³-hybridized carbons (Fsp3) is 0.417. The first kappa shape index (κ1) is 12.5. The number of anilines is 1. The second-order valence-electron chi connectivity index (χ2n) is 3.87. The Hall–Kier alpha value is -1.55. The highest BCUT2D eigenvalue weighted by Crippen LogP contribution is 2.14. The quantitative estimate of drug-likeness (QED) is 0.740. The van der Waals surface area contributed by atoms with Crippen LogP contribution in [-0.4, -0.2) is 25.5 Å². The van der Waals surface area contributed by atoms with Gasteiger partial charge in [-0.05, 0) is 32.0 Å². The van der Waals surface area contributed by atoms with Crippen molar-refractivity contribution in [3.63, 3.8) is 0 Å². The number of nitrogens with two attached hydrogens (primary N) is 2. The van der Waals surface area contributed by atoms with Crippen molar-refractivity contribution in [1.82, 2.24) is 0 Å². The van der Waals surface area contributed by atoms with Gasteiger partial charge in [0.2, 0.25) is 5.91 Å². The molecule has 0 heterocycles. The molecule has 0 aliphatic rings. The Labute approximate surface area is 96.2 Å². The molecule has 1 aromatic rings. The maximum absolute atomic E-state index is 11.0. The number of carbonyl (C=O) groups is 1. The number of amides is 1. The van der Waals surface area contributed by atoms with Gasteiger partial charge in [-0.15, -0.1) is 0 Å². The molecule has 1 amide bonds. The van der Waals surface area contributed by atoms with E-state index in [4.69, 9.17) is 11.5 Å². The number of primary amides is 1. The van der Waals surface area contributed by atoms with E-state index in [0.29, 0.717) is 6.54 Å². The number of carbonyl (C=O) groups excluding carboxylic acids is 1. The van der Waals surface area contributed by atoms with Crippen molar-refractivity contribution in [1.29, 1.82) is 0 Å². The average Bonchev–Trinajstić information content (AvgIpc) is 2.25. The molecule has 4 N–H and O–H groups in total. The Balaban J connectivity index is 2.74. The van der Waals surface area contributed by atoms with Crippen LogP contribution in [0.3, 0.4) is 0 Å². The van der Waals surface area contributed by atoms with Crippen molar-refractivity contribution in [3.05, 3.63) is 29.8 Å². The molecule has 0 bridgehead atoms. The highest BCUT2D eigenvalue weighted by molar-refractivity contribution is 5.79. The van der Waals surface area contributed by atoms with Crippen LogP contribution in [-0.2, 0) is 4.79 Å². The van der Waals surface area contributed by atoms with Crippen LogP contribution in [0, 0.1) is 6.92 Å². The molecule has 0 fully saturated rings. The fourth-order valence-corrected chi connectivity index (χ4v) is 1.53. The van der Waals surface area contributed by atoms with Crippen LogP contribution in [0.1, 0.15) is 12.0 Å². The molecule has 0 atom stereocenters. The number of nitrogens with zero attached hydrogens (tertiary/aromatic N) is 1. The van der Waals surface area contributed by atoms with Gasteiger partial charge in [0.15, 0.2) is 0 Å². The fourth-order valence-electron chi connectivity index (χ4n) is 1.53. The van der Waals surface area contributed by atoms with Gasteiger partial charge < -0.3 is 16.4 Å². The van der Waals surface area contributed by atoms with Gasteiger partial charge in [0.25, 0.3) is 0 Å². The first-order valence-electron chi connectivity index (χ1n) is 5.43. The summed E-state index contributed by atoms with van der Waals surface area (Å²) in [5.41, 5.74) is 12.9. The highest BCUT2D eigenvalue weighted by Gasteiger charge is 2.08. The molecule has 0 aliphatic carbocycles. The minimum Gasteiger partial charge on any atom is -0.368 e. The van der Waals surface area contributed by atoms with E-state index in [1.54, 1.807) is 0 Å². The van der Waals surface area contributed by atoms with Crippen molar-refractivity contribution in [2.24, 2.45) is 11.5 Å². The lowest BCUT2D eigenvalue weighted by molar-refractivity contribution is -0.116. The first-order chi connectivity index (χ1) is 7.63. The lowest BCUT2D eigenvalue weighted by Crippen LogP contribution is -2.35. The van der Waals surface area contributed by atoms with Crippen molar-refractivity contribution in [2.45, 2.75) is 13.3 Å². The third kappa shape index (κ3) is 3.90. The Morgan fingerprint density at radius 3 is 2.44 bits per heavy atom. The van der Waals surface area contributed by atoms with Crippen LogP contribution in [0.25, 0.3) is 0 Å². The number of benzene rings is 1. The Bertz CT molecular complexity index is 335. The summed E-state index contributed by atoms with van der Waals surface area (Å²) in [5, 5.41) is 0. The van der Waals surface area contributed by atoms with Gasteiger partial charge in [-0.2, -0.15) is 0 Å². The van der Waals surface area contributed by atoms with Crippen molar-refractivity contribution in [2.75, 3.05) is 24.5 Å². The maximum atomic E-state index is 11.0. The first-order valence-corrected chi connectivity index (χ1v) is 5.43. The zero-order chi connectivity index (χ0) is 12.0. The van der Waals surface area contributed by atoms with Gasteiger partial charge in [0.1, 0.15) is 0 Å². The predicted octanol–water partition coefficient (Wildman–Crippen LogP) is 0.636. The molecule has 16 heavy (non-hydrogen) atoms. The van der Waals surface area contributed by atoms with Gasteiger partial charge in [-0.25, -0.2) is 0 Å². The second-order valence-corrected chi connectivity index (χ2v) is 3.87. The zero-order valence-corrected chi connectivity index (χ0v) is 9.65. The molecule has 4 nitrogen and oxygen atoms in total. The summed E-state index contributed by atoms with van der Waals surface area (Å²) >= 11 is 0. The summed E-state index contributed by atoms with van der Waals surface area (Å²) in [5.74, 6) is -0.322. The maximum Gasteiger partial charge on any atom is 0.236 e. The summed E-state index contributed by atoms with van der Waals surface area (Å²) in [6, 6.07) is 8.03. The van der Waals surface area contributed by atoms with E-state index < -0.39 is 0 Å². The lowest BCUT2D eigenvalue weighted by Gasteiger charge is -2.23. The summed E-state index contributed by atoms with van der Waals surface area (Å²) in [6.07, 6.45) is 0.848. The molecule has 0 saturated carbocycles. The van der Waals surface area contributed by atoms with Crippen LogP contribution in [0.5, 0.6) is 0 Å². The summed E-state index contributed by atoms with van der Waals surface area (Å²) in [4.78, 5) is 12.9. The monoisotopic (exact) mass is 221 g/mol. The van der Waals surface area contributed by atoms with Crippen LogP contribution < -0.4 is 16.4 Å². The molecule has 0 radical (unpaired) electrons. The Kier molecular flexibility index (Phi) is 4.79. The molecule has 0 spiro atoms. The average molecular weight is 221 g/mol. The highest BCUT2D eigenvalue weighted by atomic mass is 16.1. The predicted molar refractivity (Wildman–Crippen MR) is 66.3 cm³/mol. The van der Waals surface area contributed by atoms with E-state index in [2.05, 4.69) is 0 Å². The Morgan fingerprint density at radius 1 is 1.31 bits per heavy atom. The van der Waals surface area contributed by atoms with Crippen LogP contribution in [0.4, 0.5) is 5.69 Å². The summed E-state index contributed by atoms with van der Waals surface area (Å²) in [6.45, 7) is 3.63. The molecule has 0 unspecified atom stereocenters. The van der Waals surface area contributed by atoms with Crippen LogP contribution >= 0.6 is 0 Å². The second kappa shape index (κ2) is 6.12. The van der Waals surface area contributed by atoms with E-state index in [1.165, 1.54) is 5.56 Å². The van der Waals surface area contributed by atoms with E-state index in [1.807, 2.05) is 36.1 Å². The Morgan fingerprint density at radius 2 is 1.94 bits per heavy atom. The smallest absolute Gasteiger partial charge is 0.236 e. The number of hydrogen-bond acceptors (Lipinski definition) is 3. The molecule has 88 valence electrons. The lowest BCUT2D eigenvalue weighted by atomic mass is 10.2. The van der Waals surface area contributed by atoms with Crippen LogP contribution in [0.2, 0.25) is 0 Å². The van der Waals surface area contributed by atoms with E-state index in [0.717, 1.165) is 18.7 Å². The largest absolute Gasteiger partial charge is 0.368 e. The minimum atomic E-state index is -0.322. The normalized spacial score (nSPS) is 10.1. The van der Waals surface area contributed by atoms with Crippen molar-refractivity contribution >= 4 is 11.6 Å².